The van der Waals surface area contributed by atoms with Crippen molar-refractivity contribution in [1.82, 2.24) is 0 Å². The molecule has 16 nitrogen and oxygen atoms in total. The first-order chi connectivity index (χ1) is 20.0. The molecule has 0 N–H and O–H groups in total. The maximum atomic E-state index is 12.2. The molecule has 2 saturated heterocycles. The van der Waals surface area contributed by atoms with E-state index in [0.29, 0.717) is 0 Å². The fraction of sp³-hybridized carbons (Fsp3) is 0.731. The van der Waals surface area contributed by atoms with Crippen molar-refractivity contribution in [3.05, 3.63) is 0 Å². The fourth-order valence-electron chi connectivity index (χ4n) is 4.51. The number of thioether (sulfide) groups is 1. The molecule has 0 aliphatic carbocycles. The second kappa shape index (κ2) is 15.9. The molecule has 0 radical (unpaired) electrons. The lowest BCUT2D eigenvalue weighted by atomic mass is 9.99. The Labute approximate surface area is 251 Å². The molecular formula is C26H36O16S. The number of hydrogen-bond acceptors (Lipinski definition) is 17. The van der Waals surface area contributed by atoms with Crippen LogP contribution >= 0.6 is 11.8 Å². The van der Waals surface area contributed by atoms with Gasteiger partial charge in [0, 0.05) is 48.5 Å². The Morgan fingerprint density at radius 2 is 0.837 bits per heavy atom. The molecule has 2 heterocycles. The predicted molar refractivity (Wildman–Crippen MR) is 141 cm³/mol. The Morgan fingerprint density at radius 3 is 1.26 bits per heavy atom. The van der Waals surface area contributed by atoms with Crippen LogP contribution in [0.25, 0.3) is 0 Å². The first kappa shape index (κ1) is 35.8. The van der Waals surface area contributed by atoms with Gasteiger partial charge in [0.2, 0.25) is 0 Å². The summed E-state index contributed by atoms with van der Waals surface area (Å²) >= 11 is 0.784. The summed E-state index contributed by atoms with van der Waals surface area (Å²) < 4.78 is 49.7. The predicted octanol–water partition coefficient (Wildman–Crippen LogP) is 0.343. The van der Waals surface area contributed by atoms with Gasteiger partial charge in [0.05, 0.1) is 6.10 Å². The van der Waals surface area contributed by atoms with Gasteiger partial charge in [-0.3, -0.25) is 33.6 Å². The van der Waals surface area contributed by atoms with Crippen molar-refractivity contribution in [1.29, 1.82) is 0 Å². The lowest BCUT2D eigenvalue weighted by Crippen LogP contribution is -2.63. The monoisotopic (exact) mass is 636 g/mol. The van der Waals surface area contributed by atoms with Gasteiger partial charge in [-0.05, 0) is 6.92 Å². The minimum Gasteiger partial charge on any atom is -0.463 e. The zero-order valence-corrected chi connectivity index (χ0v) is 25.7. The van der Waals surface area contributed by atoms with E-state index < -0.39 is 108 Å². The normalized spacial score (nSPS) is 31.9. The van der Waals surface area contributed by atoms with Crippen LogP contribution in [0.3, 0.4) is 0 Å². The van der Waals surface area contributed by atoms with Crippen LogP contribution in [0.5, 0.6) is 0 Å². The van der Waals surface area contributed by atoms with Gasteiger partial charge >= 0.3 is 41.8 Å². The molecule has 2 aliphatic rings. The molecule has 0 aromatic carbocycles. The Morgan fingerprint density at radius 1 is 0.488 bits per heavy atom. The van der Waals surface area contributed by atoms with Crippen LogP contribution in [-0.4, -0.2) is 108 Å². The minimum atomic E-state index is -1.46. The Hall–Kier alpha value is -3.44. The van der Waals surface area contributed by atoms with Crippen LogP contribution in [0.2, 0.25) is 0 Å². The number of hydrogen-bond donors (Lipinski definition) is 0. The minimum absolute atomic E-state index is 0.463. The zero-order chi connectivity index (χ0) is 32.6. The molecule has 10 atom stereocenters. The van der Waals surface area contributed by atoms with Gasteiger partial charge < -0.3 is 42.6 Å². The third-order valence-electron chi connectivity index (χ3n) is 5.85. The molecule has 0 aromatic heterocycles. The van der Waals surface area contributed by atoms with Crippen molar-refractivity contribution in [2.45, 2.75) is 115 Å². The van der Waals surface area contributed by atoms with E-state index in [1.807, 2.05) is 0 Å². The highest BCUT2D eigenvalue weighted by Crippen LogP contribution is 2.41. The van der Waals surface area contributed by atoms with Crippen LogP contribution in [0.1, 0.15) is 55.4 Å². The summed E-state index contributed by atoms with van der Waals surface area (Å²) in [5.74, 6) is -5.43. The number of carbonyl (C=O) groups excluding carboxylic acids is 7. The molecule has 2 rings (SSSR count). The van der Waals surface area contributed by atoms with E-state index in [-0.39, 0.29) is 0 Å². The third kappa shape index (κ3) is 10.7. The molecule has 43 heavy (non-hydrogen) atoms. The van der Waals surface area contributed by atoms with E-state index in [0.717, 1.165) is 60.2 Å². The molecule has 0 saturated carbocycles. The quantitative estimate of drug-likeness (QED) is 0.234. The summed E-state index contributed by atoms with van der Waals surface area (Å²) in [5.41, 5.74) is -2.53. The van der Waals surface area contributed by atoms with Crippen molar-refractivity contribution in [2.75, 3.05) is 6.61 Å². The second-order valence-corrected chi connectivity index (χ2v) is 10.8. The van der Waals surface area contributed by atoms with Crippen molar-refractivity contribution in [3.8, 4) is 0 Å². The maximum Gasteiger partial charge on any atom is 0.303 e. The third-order valence-corrected chi connectivity index (χ3v) is 7.15. The maximum absolute atomic E-state index is 12.2. The van der Waals surface area contributed by atoms with E-state index in [1.165, 1.54) is 6.92 Å². The molecule has 0 unspecified atom stereocenters. The van der Waals surface area contributed by atoms with E-state index in [9.17, 15) is 33.6 Å². The van der Waals surface area contributed by atoms with Gasteiger partial charge in [0.15, 0.2) is 36.6 Å². The molecular weight excluding hydrogens is 600 g/mol. The lowest BCUT2D eigenvalue weighted by Gasteiger charge is -2.47. The summed E-state index contributed by atoms with van der Waals surface area (Å²) in [7, 11) is 0. The van der Waals surface area contributed by atoms with Crippen LogP contribution in [0, 0.1) is 0 Å². The summed E-state index contributed by atoms with van der Waals surface area (Å²) in [6, 6.07) is 0. The van der Waals surface area contributed by atoms with Crippen LogP contribution in [0.4, 0.5) is 0 Å². The van der Waals surface area contributed by atoms with Gasteiger partial charge in [0.1, 0.15) is 23.6 Å². The van der Waals surface area contributed by atoms with E-state index in [1.54, 1.807) is 0 Å². The number of carbonyl (C=O) groups is 7. The Balaban J connectivity index is 2.59. The highest BCUT2D eigenvalue weighted by molar-refractivity contribution is 8.00. The molecule has 2 aliphatic heterocycles. The average molecular weight is 637 g/mol. The largest absolute Gasteiger partial charge is 0.463 e. The van der Waals surface area contributed by atoms with Gasteiger partial charge in [-0.15, -0.1) is 0 Å². The second-order valence-electron chi connectivity index (χ2n) is 9.64. The Kier molecular flexibility index (Phi) is 13.2. The molecule has 2 fully saturated rings. The van der Waals surface area contributed by atoms with E-state index in [2.05, 4.69) is 0 Å². The topological polar surface area (TPSA) is 203 Å². The molecule has 0 bridgehead atoms. The highest BCUT2D eigenvalue weighted by Gasteiger charge is 2.56. The molecule has 17 heteroatoms. The van der Waals surface area contributed by atoms with E-state index in [4.69, 9.17) is 42.6 Å². The average Bonchev–Trinajstić information content (AvgIpc) is 2.84. The molecule has 0 aromatic rings. The smallest absolute Gasteiger partial charge is 0.303 e. The van der Waals surface area contributed by atoms with Gasteiger partial charge in [-0.1, -0.05) is 11.8 Å². The first-order valence-electron chi connectivity index (χ1n) is 13.1. The zero-order valence-electron chi connectivity index (χ0n) is 24.9. The SMILES string of the molecule is CC(=O)OC[C@H]1O[C@@H](S[C@H]2O[C@@H](C)[C@H](OC(C)=O)[C@@H](OC(C)=O)[C@H]2OC(C)=O)[C@H](OC(C)=O)[C@@H](OC(C)=O)[C@@H]1OC(C)=O. The van der Waals surface area contributed by atoms with E-state index >= 15 is 0 Å². The van der Waals surface area contributed by atoms with Crippen LogP contribution in [-0.2, 0) is 76.2 Å². The number of ether oxygens (including phenoxy) is 9. The summed E-state index contributed by atoms with van der Waals surface area (Å²) in [6.07, 6.45) is -10.4. The first-order valence-corrected chi connectivity index (χ1v) is 14.1. The summed E-state index contributed by atoms with van der Waals surface area (Å²) in [6.45, 7) is 8.79. The fourth-order valence-corrected chi connectivity index (χ4v) is 5.95. The van der Waals surface area contributed by atoms with Crippen molar-refractivity contribution < 1.29 is 76.2 Å². The number of rotatable bonds is 10. The molecule has 0 amide bonds. The molecule has 0 spiro atoms. The summed E-state index contributed by atoms with van der Waals surface area (Å²) in [5, 5.41) is 0. The van der Waals surface area contributed by atoms with Crippen molar-refractivity contribution in [2.24, 2.45) is 0 Å². The highest BCUT2D eigenvalue weighted by atomic mass is 32.2. The number of esters is 7. The van der Waals surface area contributed by atoms with Gasteiger partial charge in [-0.2, -0.15) is 0 Å². The van der Waals surface area contributed by atoms with Crippen LogP contribution in [0.15, 0.2) is 0 Å². The van der Waals surface area contributed by atoms with Crippen LogP contribution < -0.4 is 0 Å². The summed E-state index contributed by atoms with van der Waals surface area (Å²) in [4.78, 5) is 83.9. The lowest BCUT2D eigenvalue weighted by molar-refractivity contribution is -0.240. The van der Waals surface area contributed by atoms with Crippen molar-refractivity contribution in [3.63, 3.8) is 0 Å². The molecule has 242 valence electrons. The standard InChI is InChI=1S/C26H36O16S/c1-10-19(36-12(3)28)21(38-14(5)30)23(40-16(7)32)25(35-10)43-26-24(41-17(8)33)22(39-15(6)31)20(37-13(4)29)18(42-26)9-34-11(2)27/h10,18-26H,9H2,1-8H3/t10-,18+,19-,20+,21+,22-,23+,24+,25+,26-/m0/s1. The van der Waals surface area contributed by atoms with Gasteiger partial charge in [-0.25, -0.2) is 0 Å². The Bertz CT molecular complexity index is 1080. The van der Waals surface area contributed by atoms with Gasteiger partial charge in [0.25, 0.3) is 0 Å². The van der Waals surface area contributed by atoms with Crippen molar-refractivity contribution >= 4 is 53.5 Å².